The van der Waals surface area contributed by atoms with Gasteiger partial charge in [-0.2, -0.15) is 0 Å². The molecular formula is C29H33F2N7. The van der Waals surface area contributed by atoms with E-state index in [0.717, 1.165) is 37.8 Å². The number of anilines is 2. The van der Waals surface area contributed by atoms with Gasteiger partial charge in [-0.05, 0) is 57.5 Å². The van der Waals surface area contributed by atoms with Gasteiger partial charge in [-0.1, -0.05) is 31.6 Å². The van der Waals surface area contributed by atoms with Crippen molar-refractivity contribution in [2.75, 3.05) is 25.0 Å². The van der Waals surface area contributed by atoms with E-state index in [2.05, 4.69) is 50.1 Å². The molecule has 0 amide bonds. The van der Waals surface area contributed by atoms with E-state index in [9.17, 15) is 8.78 Å². The first-order valence-corrected chi connectivity index (χ1v) is 13.1. The van der Waals surface area contributed by atoms with Gasteiger partial charge in [0.25, 0.3) is 0 Å². The molecule has 0 aliphatic carbocycles. The van der Waals surface area contributed by atoms with Crippen molar-refractivity contribution in [3.63, 3.8) is 0 Å². The monoisotopic (exact) mass is 517 g/mol. The molecule has 9 heteroatoms. The molecule has 198 valence electrons. The predicted molar refractivity (Wildman–Crippen MR) is 147 cm³/mol. The Balaban J connectivity index is 1.39. The molecule has 1 atom stereocenters. The van der Waals surface area contributed by atoms with Crippen LogP contribution in [0.1, 0.15) is 57.5 Å². The second kappa shape index (κ2) is 10.6. The standard InChI is InChI=1S/C29H33F2N7/c1-6-37-11-9-20(10-12-37)18(4)21-7-8-26(32-15-21)35-29-33-16-24(31)27(36-29)22-13-23(30)28-25(14-22)38(17(2)3)19(5)34-28/h7-9,13-18H,6,10-12H2,1-5H3,(H,32,33,35,36). The molecule has 0 saturated carbocycles. The first-order chi connectivity index (χ1) is 18.2. The maximum Gasteiger partial charge on any atom is 0.229 e. The van der Waals surface area contributed by atoms with Crippen molar-refractivity contribution in [3.8, 4) is 11.3 Å². The maximum absolute atomic E-state index is 15.0. The summed E-state index contributed by atoms with van der Waals surface area (Å²) in [5.41, 5.74) is 3.75. The fraction of sp³-hybridized carbons (Fsp3) is 0.379. The van der Waals surface area contributed by atoms with Crippen LogP contribution in [0.25, 0.3) is 22.3 Å². The number of benzene rings is 1. The number of hydrogen-bond acceptors (Lipinski definition) is 6. The van der Waals surface area contributed by atoms with Crippen molar-refractivity contribution < 1.29 is 8.78 Å². The van der Waals surface area contributed by atoms with Gasteiger partial charge in [-0.25, -0.2) is 28.7 Å². The smallest absolute Gasteiger partial charge is 0.229 e. The molecule has 1 aliphatic rings. The van der Waals surface area contributed by atoms with Crippen LogP contribution < -0.4 is 5.32 Å². The molecular weight excluding hydrogens is 484 g/mol. The number of nitrogens with one attached hydrogen (secondary N) is 1. The third-order valence-electron chi connectivity index (χ3n) is 7.32. The van der Waals surface area contributed by atoms with Crippen LogP contribution in [0.15, 0.2) is 48.3 Å². The van der Waals surface area contributed by atoms with E-state index in [-0.39, 0.29) is 29.1 Å². The summed E-state index contributed by atoms with van der Waals surface area (Å²) in [6.07, 6.45) is 6.32. The number of likely N-dealkylation sites (N-methyl/N-ethyl adjacent to an activating group) is 1. The average molecular weight is 518 g/mol. The highest BCUT2D eigenvalue weighted by Crippen LogP contribution is 2.31. The van der Waals surface area contributed by atoms with Gasteiger partial charge < -0.3 is 9.88 Å². The lowest BCUT2D eigenvalue weighted by Crippen LogP contribution is -2.29. The van der Waals surface area contributed by atoms with Crippen molar-refractivity contribution in [3.05, 3.63) is 71.3 Å². The zero-order valence-corrected chi connectivity index (χ0v) is 22.5. The van der Waals surface area contributed by atoms with Gasteiger partial charge in [0, 0.05) is 36.8 Å². The van der Waals surface area contributed by atoms with Gasteiger partial charge in [0.05, 0.1) is 11.7 Å². The first kappa shape index (κ1) is 25.9. The van der Waals surface area contributed by atoms with Crippen LogP contribution >= 0.6 is 0 Å². The van der Waals surface area contributed by atoms with E-state index in [4.69, 9.17) is 0 Å². The van der Waals surface area contributed by atoms with Crippen molar-refractivity contribution in [2.45, 2.75) is 53.0 Å². The number of aryl methyl sites for hydroxylation is 1. The van der Waals surface area contributed by atoms with Crippen LogP contribution in [0.3, 0.4) is 0 Å². The molecule has 1 N–H and O–H groups in total. The summed E-state index contributed by atoms with van der Waals surface area (Å²) in [4.78, 5) is 19.8. The highest BCUT2D eigenvalue weighted by atomic mass is 19.1. The number of pyridine rings is 1. The lowest BCUT2D eigenvalue weighted by Gasteiger charge is -2.27. The molecule has 0 fully saturated rings. The fourth-order valence-corrected chi connectivity index (χ4v) is 5.16. The summed E-state index contributed by atoms with van der Waals surface area (Å²) in [5.74, 6) is 0.553. The number of rotatable bonds is 7. The minimum absolute atomic E-state index is 0.00746. The van der Waals surface area contributed by atoms with E-state index < -0.39 is 11.6 Å². The normalized spacial score (nSPS) is 15.2. The topological polar surface area (TPSA) is 71.8 Å². The van der Waals surface area contributed by atoms with Gasteiger partial charge in [0.15, 0.2) is 11.6 Å². The molecule has 0 radical (unpaired) electrons. The Bertz CT molecular complexity index is 1490. The molecule has 4 heterocycles. The fourth-order valence-electron chi connectivity index (χ4n) is 5.16. The minimum atomic E-state index is -0.638. The van der Waals surface area contributed by atoms with E-state index in [0.29, 0.717) is 22.7 Å². The zero-order valence-electron chi connectivity index (χ0n) is 22.5. The van der Waals surface area contributed by atoms with Crippen LogP contribution in [0.5, 0.6) is 0 Å². The van der Waals surface area contributed by atoms with Crippen LogP contribution in [0.2, 0.25) is 0 Å². The van der Waals surface area contributed by atoms with Crippen LogP contribution in [0.4, 0.5) is 20.5 Å². The maximum atomic E-state index is 15.0. The van der Waals surface area contributed by atoms with Gasteiger partial charge in [0.1, 0.15) is 22.9 Å². The third-order valence-corrected chi connectivity index (χ3v) is 7.32. The average Bonchev–Trinajstić information content (AvgIpc) is 3.26. The Hall–Kier alpha value is -3.72. The summed E-state index contributed by atoms with van der Waals surface area (Å²) in [6, 6.07) is 6.97. The van der Waals surface area contributed by atoms with Gasteiger partial charge in [-0.15, -0.1) is 0 Å². The quantitative estimate of drug-likeness (QED) is 0.280. The summed E-state index contributed by atoms with van der Waals surface area (Å²) in [7, 11) is 0. The van der Waals surface area contributed by atoms with Gasteiger partial charge in [0.2, 0.25) is 5.95 Å². The number of nitrogens with zero attached hydrogens (tertiary/aromatic N) is 6. The molecule has 3 aromatic heterocycles. The van der Waals surface area contributed by atoms with E-state index in [1.807, 2.05) is 43.7 Å². The molecule has 5 rings (SSSR count). The number of hydrogen-bond donors (Lipinski definition) is 1. The van der Waals surface area contributed by atoms with Crippen LogP contribution in [-0.4, -0.2) is 49.0 Å². The number of halogens is 2. The van der Waals surface area contributed by atoms with Gasteiger partial charge >= 0.3 is 0 Å². The van der Waals surface area contributed by atoms with Crippen LogP contribution in [-0.2, 0) is 0 Å². The Morgan fingerprint density at radius 2 is 1.84 bits per heavy atom. The number of imidazole rings is 1. The summed E-state index contributed by atoms with van der Waals surface area (Å²) in [6.45, 7) is 13.4. The highest BCUT2D eigenvalue weighted by Gasteiger charge is 2.19. The largest absolute Gasteiger partial charge is 0.326 e. The second-order valence-corrected chi connectivity index (χ2v) is 10.1. The third kappa shape index (κ3) is 5.03. The molecule has 38 heavy (non-hydrogen) atoms. The van der Waals surface area contributed by atoms with Crippen LogP contribution in [0, 0.1) is 18.6 Å². The van der Waals surface area contributed by atoms with E-state index in [1.165, 1.54) is 11.6 Å². The van der Waals surface area contributed by atoms with Crippen molar-refractivity contribution in [2.24, 2.45) is 0 Å². The molecule has 0 bridgehead atoms. The second-order valence-electron chi connectivity index (χ2n) is 10.1. The SMILES string of the molecule is CCN1CC=C(C(C)c2ccc(Nc3ncc(F)c(-c4cc(F)c5nc(C)n(C(C)C)c5c4)n3)nc2)CC1. The first-order valence-electron chi connectivity index (χ1n) is 13.1. The minimum Gasteiger partial charge on any atom is -0.326 e. The molecule has 4 aromatic rings. The Labute approximate surface area is 221 Å². The Morgan fingerprint density at radius 1 is 1.03 bits per heavy atom. The van der Waals surface area contributed by atoms with Crippen molar-refractivity contribution >= 4 is 22.8 Å². The molecule has 0 spiro atoms. The lowest BCUT2D eigenvalue weighted by molar-refractivity contribution is 0.306. The number of fused-ring (bicyclic) bond motifs is 1. The predicted octanol–water partition coefficient (Wildman–Crippen LogP) is 6.55. The molecule has 1 aliphatic heterocycles. The Morgan fingerprint density at radius 3 is 2.50 bits per heavy atom. The summed E-state index contributed by atoms with van der Waals surface area (Å²) in [5, 5.41) is 3.05. The highest BCUT2D eigenvalue weighted by molar-refractivity contribution is 5.83. The lowest BCUT2D eigenvalue weighted by atomic mass is 9.90. The van der Waals surface area contributed by atoms with E-state index >= 15 is 0 Å². The molecule has 0 saturated heterocycles. The number of aromatic nitrogens is 5. The summed E-state index contributed by atoms with van der Waals surface area (Å²) >= 11 is 0. The molecule has 1 unspecified atom stereocenters. The zero-order chi connectivity index (χ0) is 27.0. The Kier molecular flexibility index (Phi) is 7.21. The van der Waals surface area contributed by atoms with Gasteiger partial charge in [-0.3, -0.25) is 4.90 Å². The van der Waals surface area contributed by atoms with Crippen molar-refractivity contribution in [1.29, 1.82) is 0 Å². The molecule has 1 aromatic carbocycles. The summed E-state index contributed by atoms with van der Waals surface area (Å²) < 4.78 is 31.7. The van der Waals surface area contributed by atoms with Crippen molar-refractivity contribution in [1.82, 2.24) is 29.4 Å². The molecule has 7 nitrogen and oxygen atoms in total. The van der Waals surface area contributed by atoms with E-state index in [1.54, 1.807) is 6.07 Å².